The number of hydrogen-bond acceptors (Lipinski definition) is 2. The van der Waals surface area contributed by atoms with Gasteiger partial charge in [-0.25, -0.2) is 0 Å². The molecule has 0 rings (SSSR count). The Kier molecular flexibility index (Phi) is 9.94. The lowest BCUT2D eigenvalue weighted by Crippen LogP contribution is -2.29. The summed E-state index contributed by atoms with van der Waals surface area (Å²) >= 11 is 0. The van der Waals surface area contributed by atoms with Crippen molar-refractivity contribution >= 4 is 0 Å². The third-order valence-corrected chi connectivity index (χ3v) is 2.22. The SMILES string of the molecule is CCCNC(CC)CCCOCC. The van der Waals surface area contributed by atoms with Gasteiger partial charge in [0, 0.05) is 19.3 Å². The lowest BCUT2D eigenvalue weighted by Gasteiger charge is -2.15. The van der Waals surface area contributed by atoms with E-state index < -0.39 is 0 Å². The van der Waals surface area contributed by atoms with Gasteiger partial charge in [0.05, 0.1) is 0 Å². The van der Waals surface area contributed by atoms with Crippen LogP contribution in [0.15, 0.2) is 0 Å². The molecule has 1 atom stereocenters. The summed E-state index contributed by atoms with van der Waals surface area (Å²) in [6.07, 6.45) is 4.88. The van der Waals surface area contributed by atoms with Crippen LogP contribution < -0.4 is 5.32 Å². The summed E-state index contributed by atoms with van der Waals surface area (Å²) in [6, 6.07) is 0.695. The van der Waals surface area contributed by atoms with Gasteiger partial charge in [0.15, 0.2) is 0 Å². The highest BCUT2D eigenvalue weighted by molar-refractivity contribution is 4.63. The van der Waals surface area contributed by atoms with E-state index in [9.17, 15) is 0 Å². The van der Waals surface area contributed by atoms with Gasteiger partial charge in [-0.2, -0.15) is 0 Å². The molecule has 0 spiro atoms. The average molecular weight is 187 g/mol. The molecule has 0 aliphatic heterocycles. The van der Waals surface area contributed by atoms with Crippen LogP contribution in [0.4, 0.5) is 0 Å². The number of ether oxygens (including phenoxy) is 1. The van der Waals surface area contributed by atoms with Crippen LogP contribution in [0, 0.1) is 0 Å². The maximum Gasteiger partial charge on any atom is 0.0466 e. The number of nitrogens with one attached hydrogen (secondary N) is 1. The van der Waals surface area contributed by atoms with Crippen molar-refractivity contribution in [3.63, 3.8) is 0 Å². The van der Waals surface area contributed by atoms with Crippen LogP contribution in [0.5, 0.6) is 0 Å². The predicted octanol–water partition coefficient (Wildman–Crippen LogP) is 2.58. The first-order valence-electron chi connectivity index (χ1n) is 5.66. The second-order valence-electron chi connectivity index (χ2n) is 3.40. The molecule has 0 radical (unpaired) electrons. The fourth-order valence-electron chi connectivity index (χ4n) is 1.38. The van der Waals surface area contributed by atoms with Crippen LogP contribution in [0.25, 0.3) is 0 Å². The van der Waals surface area contributed by atoms with E-state index in [1.165, 1.54) is 25.7 Å². The summed E-state index contributed by atoms with van der Waals surface area (Å²) in [5.41, 5.74) is 0. The van der Waals surface area contributed by atoms with E-state index >= 15 is 0 Å². The fraction of sp³-hybridized carbons (Fsp3) is 1.00. The average Bonchev–Trinajstić information content (AvgIpc) is 2.17. The summed E-state index contributed by atoms with van der Waals surface area (Å²) in [4.78, 5) is 0. The van der Waals surface area contributed by atoms with Crippen molar-refractivity contribution in [3.8, 4) is 0 Å². The second-order valence-corrected chi connectivity index (χ2v) is 3.40. The minimum Gasteiger partial charge on any atom is -0.382 e. The molecular formula is C11H25NO. The largest absolute Gasteiger partial charge is 0.382 e. The number of hydrogen-bond donors (Lipinski definition) is 1. The summed E-state index contributed by atoms with van der Waals surface area (Å²) < 4.78 is 5.31. The van der Waals surface area contributed by atoms with Crippen LogP contribution in [0.3, 0.4) is 0 Å². The second kappa shape index (κ2) is 10.0. The third kappa shape index (κ3) is 8.26. The van der Waals surface area contributed by atoms with Gasteiger partial charge < -0.3 is 10.1 Å². The summed E-state index contributed by atoms with van der Waals surface area (Å²) in [7, 11) is 0. The molecule has 0 heterocycles. The zero-order valence-electron chi connectivity index (χ0n) is 9.44. The molecule has 0 aromatic heterocycles. The topological polar surface area (TPSA) is 21.3 Å². The summed E-state index contributed by atoms with van der Waals surface area (Å²) in [5.74, 6) is 0. The molecule has 1 N–H and O–H groups in total. The van der Waals surface area contributed by atoms with Crippen molar-refractivity contribution in [3.05, 3.63) is 0 Å². The molecule has 1 unspecified atom stereocenters. The molecule has 0 amide bonds. The van der Waals surface area contributed by atoms with Crippen LogP contribution in [0.2, 0.25) is 0 Å². The zero-order valence-corrected chi connectivity index (χ0v) is 9.44. The smallest absolute Gasteiger partial charge is 0.0466 e. The normalized spacial score (nSPS) is 13.2. The Morgan fingerprint density at radius 1 is 1.23 bits per heavy atom. The Morgan fingerprint density at radius 2 is 2.00 bits per heavy atom. The Hall–Kier alpha value is -0.0800. The van der Waals surface area contributed by atoms with Crippen molar-refractivity contribution in [2.45, 2.75) is 52.5 Å². The van der Waals surface area contributed by atoms with Gasteiger partial charge in [-0.3, -0.25) is 0 Å². The molecule has 80 valence electrons. The lowest BCUT2D eigenvalue weighted by atomic mass is 10.1. The van der Waals surface area contributed by atoms with Crippen molar-refractivity contribution < 1.29 is 4.74 Å². The molecule has 2 nitrogen and oxygen atoms in total. The van der Waals surface area contributed by atoms with Gasteiger partial charge in [0.1, 0.15) is 0 Å². The van der Waals surface area contributed by atoms with Crippen LogP contribution in [0.1, 0.15) is 46.5 Å². The lowest BCUT2D eigenvalue weighted by molar-refractivity contribution is 0.140. The summed E-state index contributed by atoms with van der Waals surface area (Å²) in [6.45, 7) is 9.41. The first-order chi connectivity index (χ1) is 6.35. The molecule has 0 saturated heterocycles. The monoisotopic (exact) mass is 187 g/mol. The minimum absolute atomic E-state index is 0.695. The van der Waals surface area contributed by atoms with E-state index in [2.05, 4.69) is 19.2 Å². The Balaban J connectivity index is 3.25. The Bertz CT molecular complexity index is 96.1. The highest BCUT2D eigenvalue weighted by Crippen LogP contribution is 2.01. The van der Waals surface area contributed by atoms with Gasteiger partial charge in [0.25, 0.3) is 0 Å². The highest BCUT2D eigenvalue weighted by atomic mass is 16.5. The van der Waals surface area contributed by atoms with Gasteiger partial charge >= 0.3 is 0 Å². The first-order valence-corrected chi connectivity index (χ1v) is 5.66. The quantitative estimate of drug-likeness (QED) is 0.560. The fourth-order valence-corrected chi connectivity index (χ4v) is 1.38. The van der Waals surface area contributed by atoms with E-state index in [0.717, 1.165) is 19.8 Å². The van der Waals surface area contributed by atoms with Gasteiger partial charge in [-0.15, -0.1) is 0 Å². The maximum absolute atomic E-state index is 5.31. The van der Waals surface area contributed by atoms with Crippen molar-refractivity contribution in [2.24, 2.45) is 0 Å². The highest BCUT2D eigenvalue weighted by Gasteiger charge is 2.03. The van der Waals surface area contributed by atoms with Crippen molar-refractivity contribution in [1.82, 2.24) is 5.32 Å². The van der Waals surface area contributed by atoms with Crippen LogP contribution in [-0.4, -0.2) is 25.8 Å². The maximum atomic E-state index is 5.31. The van der Waals surface area contributed by atoms with Gasteiger partial charge in [-0.05, 0) is 39.2 Å². The number of rotatable bonds is 9. The Morgan fingerprint density at radius 3 is 2.54 bits per heavy atom. The molecule has 0 fully saturated rings. The van der Waals surface area contributed by atoms with E-state index in [-0.39, 0.29) is 0 Å². The van der Waals surface area contributed by atoms with E-state index in [1.54, 1.807) is 0 Å². The third-order valence-electron chi connectivity index (χ3n) is 2.22. The molecule has 0 aliphatic carbocycles. The molecule has 0 aromatic rings. The predicted molar refractivity (Wildman–Crippen MR) is 58.1 cm³/mol. The van der Waals surface area contributed by atoms with Gasteiger partial charge in [-0.1, -0.05) is 13.8 Å². The molecule has 0 aromatic carbocycles. The van der Waals surface area contributed by atoms with Gasteiger partial charge in [0.2, 0.25) is 0 Å². The van der Waals surface area contributed by atoms with E-state index in [4.69, 9.17) is 4.74 Å². The molecule has 2 heteroatoms. The standard InChI is InChI=1S/C11H25NO/c1-4-9-12-11(5-2)8-7-10-13-6-3/h11-12H,4-10H2,1-3H3. The Labute approximate surface area is 83.1 Å². The zero-order chi connectivity index (χ0) is 9.94. The van der Waals surface area contributed by atoms with Crippen molar-refractivity contribution in [1.29, 1.82) is 0 Å². The molecule has 0 bridgehead atoms. The summed E-state index contributed by atoms with van der Waals surface area (Å²) in [5, 5.41) is 3.54. The van der Waals surface area contributed by atoms with E-state index in [0.29, 0.717) is 6.04 Å². The van der Waals surface area contributed by atoms with E-state index in [1.807, 2.05) is 6.92 Å². The molecular weight excluding hydrogens is 162 g/mol. The van der Waals surface area contributed by atoms with Crippen LogP contribution in [-0.2, 0) is 4.74 Å². The molecule has 0 saturated carbocycles. The minimum atomic E-state index is 0.695. The van der Waals surface area contributed by atoms with Crippen molar-refractivity contribution in [2.75, 3.05) is 19.8 Å². The first kappa shape index (κ1) is 12.9. The van der Waals surface area contributed by atoms with Crippen LogP contribution >= 0.6 is 0 Å². The molecule has 0 aliphatic rings. The molecule has 13 heavy (non-hydrogen) atoms.